The summed E-state index contributed by atoms with van der Waals surface area (Å²) in [6, 6.07) is 27.0. The summed E-state index contributed by atoms with van der Waals surface area (Å²) < 4.78 is 15.2. The van der Waals surface area contributed by atoms with Crippen LogP contribution in [-0.2, 0) is 13.1 Å². The maximum atomic E-state index is 13.5. The van der Waals surface area contributed by atoms with Gasteiger partial charge in [-0.15, -0.1) is 0 Å². The Morgan fingerprint density at radius 3 is 1.94 bits per heavy atom. The first kappa shape index (κ1) is 21.4. The van der Waals surface area contributed by atoms with E-state index in [1.807, 2.05) is 18.2 Å². The molecule has 4 aromatic rings. The van der Waals surface area contributed by atoms with Crippen molar-refractivity contribution in [1.82, 2.24) is 19.6 Å². The van der Waals surface area contributed by atoms with Gasteiger partial charge in [0.15, 0.2) is 0 Å². The van der Waals surface area contributed by atoms with E-state index in [0.717, 1.165) is 61.8 Å². The van der Waals surface area contributed by atoms with E-state index in [4.69, 9.17) is 10.8 Å². The molecular weight excluding hydrogens is 413 g/mol. The fourth-order valence-electron chi connectivity index (χ4n) is 4.45. The van der Waals surface area contributed by atoms with Crippen LogP contribution in [0.1, 0.15) is 11.3 Å². The van der Waals surface area contributed by atoms with Gasteiger partial charge in [0.1, 0.15) is 11.6 Å². The van der Waals surface area contributed by atoms with Gasteiger partial charge in [0.2, 0.25) is 0 Å². The van der Waals surface area contributed by atoms with Crippen molar-refractivity contribution in [2.45, 2.75) is 13.1 Å². The summed E-state index contributed by atoms with van der Waals surface area (Å²) in [5.74, 6) is 0.298. The average Bonchev–Trinajstić information content (AvgIpc) is 3.17. The van der Waals surface area contributed by atoms with Crippen molar-refractivity contribution in [2.24, 2.45) is 0 Å². The average molecular weight is 442 g/mol. The third-order valence-electron chi connectivity index (χ3n) is 6.21. The Hall–Kier alpha value is -3.48. The summed E-state index contributed by atoms with van der Waals surface area (Å²) >= 11 is 0. The predicted octanol–water partition coefficient (Wildman–Crippen LogP) is 4.58. The lowest BCUT2D eigenvalue weighted by molar-refractivity contribution is 0.121. The molecule has 0 saturated carbocycles. The Morgan fingerprint density at radius 2 is 1.30 bits per heavy atom. The van der Waals surface area contributed by atoms with Crippen LogP contribution >= 0.6 is 0 Å². The molecule has 5 rings (SSSR count). The molecule has 0 aliphatic carbocycles. The molecule has 0 bridgehead atoms. The molecule has 1 aliphatic heterocycles. The molecule has 0 radical (unpaired) electrons. The van der Waals surface area contributed by atoms with Crippen LogP contribution in [0.3, 0.4) is 0 Å². The minimum atomic E-state index is -0.277. The van der Waals surface area contributed by atoms with E-state index in [1.165, 1.54) is 17.7 Å². The molecule has 5 nitrogen and oxygen atoms in total. The zero-order chi connectivity index (χ0) is 22.6. The minimum absolute atomic E-state index is 0.277. The third kappa shape index (κ3) is 4.82. The summed E-state index contributed by atoms with van der Waals surface area (Å²) in [5.41, 5.74) is 11.6. The van der Waals surface area contributed by atoms with E-state index in [9.17, 15) is 4.39 Å². The number of nitrogens with zero attached hydrogens (tertiary/aromatic N) is 4. The topological polar surface area (TPSA) is 50.3 Å². The highest BCUT2D eigenvalue weighted by molar-refractivity contribution is 5.77. The van der Waals surface area contributed by atoms with Crippen LogP contribution in [0.15, 0.2) is 84.9 Å². The molecule has 6 heteroatoms. The number of nitrogens with two attached hydrogens (primary N) is 1. The number of aromatic nitrogens is 2. The summed E-state index contributed by atoms with van der Waals surface area (Å²) in [6.07, 6.45) is 0. The van der Waals surface area contributed by atoms with E-state index >= 15 is 0 Å². The van der Waals surface area contributed by atoms with Gasteiger partial charge in [-0.05, 0) is 35.4 Å². The molecule has 33 heavy (non-hydrogen) atoms. The van der Waals surface area contributed by atoms with Crippen molar-refractivity contribution in [2.75, 3.05) is 31.9 Å². The molecule has 0 amide bonds. The Balaban J connectivity index is 1.36. The van der Waals surface area contributed by atoms with E-state index in [0.29, 0.717) is 5.82 Å². The minimum Gasteiger partial charge on any atom is -0.383 e. The number of rotatable bonds is 6. The normalized spacial score (nSPS) is 15.1. The first-order valence-corrected chi connectivity index (χ1v) is 11.3. The molecule has 3 aromatic carbocycles. The standard InChI is InChI=1S/C27H28FN5/c28-23-11-13-24(14-12-23)33-27(29)26(22-9-5-2-6-10-22)25(30-33)20-32-17-15-31(16-18-32)19-21-7-3-1-4-8-21/h1-14H,15-20,29H2. The summed E-state index contributed by atoms with van der Waals surface area (Å²) in [4.78, 5) is 4.93. The molecule has 1 saturated heterocycles. The second-order valence-corrected chi connectivity index (χ2v) is 8.50. The highest BCUT2D eigenvalue weighted by Gasteiger charge is 2.23. The van der Waals surface area contributed by atoms with E-state index in [2.05, 4.69) is 52.3 Å². The van der Waals surface area contributed by atoms with Crippen LogP contribution in [0.2, 0.25) is 0 Å². The molecule has 2 N–H and O–H groups in total. The van der Waals surface area contributed by atoms with Gasteiger partial charge in [-0.3, -0.25) is 9.80 Å². The number of benzene rings is 3. The van der Waals surface area contributed by atoms with E-state index in [-0.39, 0.29) is 5.82 Å². The lowest BCUT2D eigenvalue weighted by Crippen LogP contribution is -2.45. The highest BCUT2D eigenvalue weighted by Crippen LogP contribution is 2.32. The maximum Gasteiger partial charge on any atom is 0.135 e. The van der Waals surface area contributed by atoms with Crippen LogP contribution < -0.4 is 5.73 Å². The zero-order valence-electron chi connectivity index (χ0n) is 18.6. The fourth-order valence-corrected chi connectivity index (χ4v) is 4.45. The first-order valence-electron chi connectivity index (χ1n) is 11.3. The van der Waals surface area contributed by atoms with Crippen LogP contribution in [0.5, 0.6) is 0 Å². The number of piperazine rings is 1. The molecule has 2 heterocycles. The van der Waals surface area contributed by atoms with Crippen LogP contribution in [0.25, 0.3) is 16.8 Å². The van der Waals surface area contributed by atoms with Crippen molar-refractivity contribution in [1.29, 1.82) is 0 Å². The number of hydrogen-bond acceptors (Lipinski definition) is 4. The molecule has 1 aliphatic rings. The zero-order valence-corrected chi connectivity index (χ0v) is 18.6. The maximum absolute atomic E-state index is 13.5. The second kappa shape index (κ2) is 9.57. The Labute approximate surface area is 193 Å². The summed E-state index contributed by atoms with van der Waals surface area (Å²) in [6.45, 7) is 5.69. The van der Waals surface area contributed by atoms with Crippen molar-refractivity contribution < 1.29 is 4.39 Å². The van der Waals surface area contributed by atoms with Gasteiger partial charge in [0.05, 0.1) is 11.4 Å². The van der Waals surface area contributed by atoms with Gasteiger partial charge in [-0.25, -0.2) is 9.07 Å². The highest BCUT2D eigenvalue weighted by atomic mass is 19.1. The molecule has 0 spiro atoms. The Morgan fingerprint density at radius 1 is 0.727 bits per heavy atom. The monoisotopic (exact) mass is 441 g/mol. The largest absolute Gasteiger partial charge is 0.383 e. The first-order chi connectivity index (χ1) is 16.2. The second-order valence-electron chi connectivity index (χ2n) is 8.50. The molecule has 1 aromatic heterocycles. The smallest absolute Gasteiger partial charge is 0.135 e. The van der Waals surface area contributed by atoms with Crippen LogP contribution in [0.4, 0.5) is 10.2 Å². The van der Waals surface area contributed by atoms with Gasteiger partial charge in [0.25, 0.3) is 0 Å². The Bertz CT molecular complexity index is 1180. The van der Waals surface area contributed by atoms with Crippen LogP contribution in [-0.4, -0.2) is 45.8 Å². The fraction of sp³-hybridized carbons (Fsp3) is 0.222. The molecule has 1 fully saturated rings. The van der Waals surface area contributed by atoms with Gasteiger partial charge in [-0.2, -0.15) is 5.10 Å². The van der Waals surface area contributed by atoms with Crippen molar-refractivity contribution in [3.63, 3.8) is 0 Å². The number of anilines is 1. The van der Waals surface area contributed by atoms with Gasteiger partial charge in [0, 0.05) is 44.8 Å². The third-order valence-corrected chi connectivity index (χ3v) is 6.21. The lowest BCUT2D eigenvalue weighted by atomic mass is 10.0. The Kier molecular flexibility index (Phi) is 6.19. The molecule has 0 atom stereocenters. The van der Waals surface area contributed by atoms with Crippen molar-refractivity contribution >= 4 is 5.82 Å². The van der Waals surface area contributed by atoms with Crippen molar-refractivity contribution in [3.05, 3.63) is 102 Å². The number of halogens is 1. The van der Waals surface area contributed by atoms with Crippen molar-refractivity contribution in [3.8, 4) is 16.8 Å². The molecular formula is C27H28FN5. The summed E-state index contributed by atoms with van der Waals surface area (Å²) in [5, 5.41) is 4.88. The molecule has 168 valence electrons. The quantitative estimate of drug-likeness (QED) is 0.476. The molecule has 0 unspecified atom stereocenters. The van der Waals surface area contributed by atoms with Crippen LogP contribution in [0, 0.1) is 5.82 Å². The van der Waals surface area contributed by atoms with Gasteiger partial charge in [-0.1, -0.05) is 60.7 Å². The predicted molar refractivity (Wildman–Crippen MR) is 130 cm³/mol. The number of hydrogen-bond donors (Lipinski definition) is 1. The number of nitrogen functional groups attached to an aromatic ring is 1. The summed E-state index contributed by atoms with van der Waals surface area (Å²) in [7, 11) is 0. The van der Waals surface area contributed by atoms with E-state index < -0.39 is 0 Å². The lowest BCUT2D eigenvalue weighted by Gasteiger charge is -2.34. The van der Waals surface area contributed by atoms with Gasteiger partial charge >= 0.3 is 0 Å². The van der Waals surface area contributed by atoms with E-state index in [1.54, 1.807) is 16.8 Å². The van der Waals surface area contributed by atoms with Gasteiger partial charge < -0.3 is 5.73 Å². The SMILES string of the molecule is Nc1c(-c2ccccc2)c(CN2CCN(Cc3ccccc3)CC2)nn1-c1ccc(F)cc1.